The van der Waals surface area contributed by atoms with Crippen LogP contribution >= 0.6 is 0 Å². The Labute approximate surface area is 212 Å². The van der Waals surface area contributed by atoms with E-state index in [9.17, 15) is 29.0 Å². The molecule has 37 heavy (non-hydrogen) atoms. The van der Waals surface area contributed by atoms with E-state index in [1.54, 1.807) is 47.0 Å². The number of aliphatic carboxylic acids is 1. The predicted octanol–water partition coefficient (Wildman–Crippen LogP) is 3.52. The Kier molecular flexibility index (Phi) is 8.05. The number of pyridine rings is 1. The van der Waals surface area contributed by atoms with Crippen LogP contribution in [0.3, 0.4) is 0 Å². The van der Waals surface area contributed by atoms with E-state index in [1.807, 2.05) is 30.3 Å². The molecule has 0 aliphatic rings. The largest absolute Gasteiger partial charge is 0.550 e. The summed E-state index contributed by atoms with van der Waals surface area (Å²) in [6, 6.07) is 22.6. The molecule has 188 valence electrons. The van der Waals surface area contributed by atoms with Crippen molar-refractivity contribution in [3.8, 4) is 11.3 Å². The summed E-state index contributed by atoms with van der Waals surface area (Å²) >= 11 is 0. The lowest BCUT2D eigenvalue weighted by molar-refractivity contribution is -0.304. The molecule has 4 rings (SSSR count). The number of carboxylic acids is 1. The lowest BCUT2D eigenvalue weighted by Gasteiger charge is -2.19. The summed E-state index contributed by atoms with van der Waals surface area (Å²) in [4.78, 5) is 36.2. The zero-order valence-corrected chi connectivity index (χ0v) is 20.0. The Morgan fingerprint density at radius 1 is 0.946 bits per heavy atom. The second-order valence-corrected chi connectivity index (χ2v) is 8.73. The van der Waals surface area contributed by atoms with Gasteiger partial charge in [0.05, 0.1) is 11.8 Å². The van der Waals surface area contributed by atoms with Gasteiger partial charge in [0.2, 0.25) is 0 Å². The molecule has 6 nitrogen and oxygen atoms in total. The van der Waals surface area contributed by atoms with Gasteiger partial charge in [-0.3, -0.25) is 9.59 Å². The number of hydrogen-bond donors (Lipinski definition) is 1. The highest BCUT2D eigenvalue weighted by Gasteiger charge is 2.18. The molecule has 0 radical (unpaired) electrons. The van der Waals surface area contributed by atoms with Crippen LogP contribution in [0.25, 0.3) is 28.1 Å². The normalized spacial score (nSPS) is 12.2. The van der Waals surface area contributed by atoms with Gasteiger partial charge in [0.25, 0.3) is 5.56 Å². The summed E-state index contributed by atoms with van der Waals surface area (Å²) in [6.07, 6.45) is 1.19. The number of aliphatic hydroxyl groups excluding tert-OH is 1. The van der Waals surface area contributed by atoms with Crippen LogP contribution in [0.5, 0.6) is 0 Å². The third-order valence-corrected chi connectivity index (χ3v) is 6.07. The third kappa shape index (κ3) is 6.26. The molecule has 0 saturated heterocycles. The topological polar surface area (TPSA) is 99.4 Å². The van der Waals surface area contributed by atoms with Crippen LogP contribution in [0.2, 0.25) is 0 Å². The molecule has 1 N–H and O–H groups in total. The zero-order chi connectivity index (χ0) is 26.4. The number of Topliss-reactive ketones (excluding diaryl/α,β-unsaturated/α-hetero) is 1. The smallest absolute Gasteiger partial charge is 0.258 e. The van der Waals surface area contributed by atoms with Crippen LogP contribution in [0.4, 0.5) is 4.39 Å². The molecule has 1 atom stereocenters. The van der Waals surface area contributed by atoms with E-state index in [0.717, 1.165) is 5.56 Å². The van der Waals surface area contributed by atoms with Crippen LogP contribution < -0.4 is 10.7 Å². The van der Waals surface area contributed by atoms with Crippen LogP contribution in [-0.2, 0) is 22.6 Å². The standard InChI is InChI=1S/C30H26FNO5/c31-22-12-10-21(11-13-22)29-26(15-14-23(33)18-24(34)19-28(35)36)25-8-4-5-9-27(25)30(37)32(29)17-16-20-6-2-1-3-7-20/h1-15,23,33H,16-19H2,(H,35,36)/p-1/b15-14+. The van der Waals surface area contributed by atoms with Gasteiger partial charge in [-0.1, -0.05) is 60.7 Å². The second-order valence-electron chi connectivity index (χ2n) is 8.73. The van der Waals surface area contributed by atoms with Crippen molar-refractivity contribution in [3.63, 3.8) is 0 Å². The molecule has 0 aliphatic carbocycles. The molecule has 0 bridgehead atoms. The lowest BCUT2D eigenvalue weighted by Crippen LogP contribution is -2.26. The van der Waals surface area contributed by atoms with Gasteiger partial charge in [-0.05, 0) is 53.3 Å². The number of aliphatic hydroxyl groups is 1. The summed E-state index contributed by atoms with van der Waals surface area (Å²) < 4.78 is 15.4. The Bertz CT molecular complexity index is 1510. The van der Waals surface area contributed by atoms with Crippen molar-refractivity contribution >= 4 is 28.6 Å². The monoisotopic (exact) mass is 498 g/mol. The molecule has 1 unspecified atom stereocenters. The molecule has 0 fully saturated rings. The molecule has 4 aromatic rings. The number of aromatic nitrogens is 1. The lowest BCUT2D eigenvalue weighted by atomic mass is 9.97. The molecule has 1 aromatic heterocycles. The number of carboxylic acid groups (broad SMARTS) is 1. The number of rotatable bonds is 10. The maximum atomic E-state index is 13.8. The first-order valence-corrected chi connectivity index (χ1v) is 11.9. The van der Waals surface area contributed by atoms with Crippen LogP contribution in [0.1, 0.15) is 24.0 Å². The van der Waals surface area contributed by atoms with E-state index in [0.29, 0.717) is 40.6 Å². The highest BCUT2D eigenvalue weighted by Crippen LogP contribution is 2.30. The van der Waals surface area contributed by atoms with Crippen LogP contribution in [-0.4, -0.2) is 27.5 Å². The van der Waals surface area contributed by atoms with Crippen molar-refractivity contribution in [2.45, 2.75) is 31.9 Å². The maximum Gasteiger partial charge on any atom is 0.258 e. The molecule has 0 spiro atoms. The summed E-state index contributed by atoms with van der Waals surface area (Å²) in [5, 5.41) is 22.2. The van der Waals surface area contributed by atoms with Crippen molar-refractivity contribution in [1.29, 1.82) is 0 Å². The number of aryl methyl sites for hydroxylation is 1. The molecule has 0 aliphatic heterocycles. The van der Waals surface area contributed by atoms with Crippen molar-refractivity contribution in [2.75, 3.05) is 0 Å². The van der Waals surface area contributed by atoms with E-state index in [-0.39, 0.29) is 12.0 Å². The molecule has 0 saturated carbocycles. The number of nitrogens with zero attached hydrogens (tertiary/aromatic N) is 1. The minimum Gasteiger partial charge on any atom is -0.550 e. The van der Waals surface area contributed by atoms with E-state index < -0.39 is 30.1 Å². The summed E-state index contributed by atoms with van der Waals surface area (Å²) in [5.41, 5.74) is 2.61. The molecule has 3 aromatic carbocycles. The van der Waals surface area contributed by atoms with Gasteiger partial charge in [0, 0.05) is 36.3 Å². The van der Waals surface area contributed by atoms with Gasteiger partial charge in [-0.15, -0.1) is 0 Å². The van der Waals surface area contributed by atoms with Gasteiger partial charge < -0.3 is 19.6 Å². The van der Waals surface area contributed by atoms with Gasteiger partial charge >= 0.3 is 0 Å². The first kappa shape index (κ1) is 25.7. The van der Waals surface area contributed by atoms with E-state index in [1.165, 1.54) is 18.2 Å². The second kappa shape index (κ2) is 11.6. The van der Waals surface area contributed by atoms with Crippen molar-refractivity contribution in [2.24, 2.45) is 0 Å². The first-order valence-electron chi connectivity index (χ1n) is 11.9. The molecule has 1 heterocycles. The predicted molar refractivity (Wildman–Crippen MR) is 138 cm³/mol. The summed E-state index contributed by atoms with van der Waals surface area (Å²) in [5.74, 6) is -2.58. The Morgan fingerprint density at radius 2 is 1.59 bits per heavy atom. The van der Waals surface area contributed by atoms with Crippen molar-refractivity contribution in [1.82, 2.24) is 4.57 Å². The number of ketones is 1. The van der Waals surface area contributed by atoms with Gasteiger partial charge in [-0.25, -0.2) is 4.39 Å². The molecular weight excluding hydrogens is 473 g/mol. The van der Waals surface area contributed by atoms with Crippen LogP contribution in [0.15, 0.2) is 89.7 Å². The number of benzene rings is 3. The number of carbonyl (C=O) groups is 2. The fourth-order valence-electron chi connectivity index (χ4n) is 4.35. The molecule has 7 heteroatoms. The Morgan fingerprint density at radius 3 is 2.27 bits per heavy atom. The maximum absolute atomic E-state index is 13.8. The van der Waals surface area contributed by atoms with Crippen molar-refractivity contribution < 1.29 is 24.2 Å². The molecular formula is C30H25FNO5-. The SMILES string of the molecule is O=C([O-])CC(=O)CC(O)/C=C/c1c(-c2ccc(F)cc2)n(CCc2ccccc2)c(=O)c2ccccc12. The van der Waals surface area contributed by atoms with Crippen LogP contribution in [0, 0.1) is 5.82 Å². The zero-order valence-electron chi connectivity index (χ0n) is 20.0. The number of fused-ring (bicyclic) bond motifs is 1. The fourth-order valence-corrected chi connectivity index (χ4v) is 4.35. The third-order valence-electron chi connectivity index (χ3n) is 6.07. The van der Waals surface area contributed by atoms with Crippen molar-refractivity contribution in [3.05, 3.63) is 112 Å². The summed E-state index contributed by atoms with van der Waals surface area (Å²) in [6.45, 7) is 0.355. The number of carbonyl (C=O) groups excluding carboxylic acids is 2. The van der Waals surface area contributed by atoms with Gasteiger partial charge in [-0.2, -0.15) is 0 Å². The minimum absolute atomic E-state index is 0.201. The number of hydrogen-bond acceptors (Lipinski definition) is 5. The van der Waals surface area contributed by atoms with E-state index in [2.05, 4.69) is 0 Å². The highest BCUT2D eigenvalue weighted by atomic mass is 19.1. The first-order chi connectivity index (χ1) is 17.8. The molecule has 0 amide bonds. The average molecular weight is 499 g/mol. The summed E-state index contributed by atoms with van der Waals surface area (Å²) in [7, 11) is 0. The number of halogens is 1. The fraction of sp³-hybridized carbons (Fsp3) is 0.167. The average Bonchev–Trinajstić information content (AvgIpc) is 2.88. The highest BCUT2D eigenvalue weighted by molar-refractivity contribution is 5.96. The van der Waals surface area contributed by atoms with E-state index >= 15 is 0 Å². The Balaban J connectivity index is 1.86. The van der Waals surface area contributed by atoms with Gasteiger partial charge in [0.1, 0.15) is 11.6 Å². The van der Waals surface area contributed by atoms with E-state index in [4.69, 9.17) is 0 Å². The minimum atomic E-state index is -1.50. The Hall–Kier alpha value is -4.36. The quantitative estimate of drug-likeness (QED) is 0.337. The van der Waals surface area contributed by atoms with Gasteiger partial charge in [0.15, 0.2) is 0 Å².